The largest absolute Gasteiger partial charge is 0.331 e. The fourth-order valence-corrected chi connectivity index (χ4v) is 7.21. The lowest BCUT2D eigenvalue weighted by molar-refractivity contribution is -0.136. The molecule has 7 heteroatoms. The second-order valence-electron chi connectivity index (χ2n) is 9.88. The quantitative estimate of drug-likeness (QED) is 0.568. The van der Waals surface area contributed by atoms with Crippen molar-refractivity contribution >= 4 is 27.3 Å². The number of halogens is 1. The molecule has 2 bridgehead atoms. The van der Waals surface area contributed by atoms with Crippen LogP contribution in [0.4, 0.5) is 0 Å². The Bertz CT molecular complexity index is 1090. The topological polar surface area (TPSA) is 57.7 Å². The van der Waals surface area contributed by atoms with Crippen LogP contribution in [0.5, 0.6) is 0 Å². The summed E-state index contributed by atoms with van der Waals surface area (Å²) in [6.07, 6.45) is 6.22. The Labute approximate surface area is 201 Å². The minimum Gasteiger partial charge on any atom is -0.331 e. The molecule has 0 radical (unpaired) electrons. The van der Waals surface area contributed by atoms with Crippen LogP contribution in [0, 0.1) is 5.92 Å². The first-order chi connectivity index (χ1) is 15.8. The van der Waals surface area contributed by atoms with Gasteiger partial charge in [-0.1, -0.05) is 41.9 Å². The molecule has 2 saturated heterocycles. The first kappa shape index (κ1) is 22.9. The molecule has 1 saturated carbocycles. The minimum absolute atomic E-state index is 0.0541. The van der Waals surface area contributed by atoms with Gasteiger partial charge in [-0.15, -0.1) is 0 Å². The first-order valence-corrected chi connectivity index (χ1v) is 13.9. The van der Waals surface area contributed by atoms with Crippen molar-refractivity contribution < 1.29 is 13.2 Å². The van der Waals surface area contributed by atoms with Crippen molar-refractivity contribution in [2.45, 2.75) is 67.6 Å². The number of amides is 1. The van der Waals surface area contributed by atoms with E-state index < -0.39 is 15.6 Å². The summed E-state index contributed by atoms with van der Waals surface area (Å²) in [6.45, 7) is 0. The van der Waals surface area contributed by atoms with Gasteiger partial charge < -0.3 is 9.80 Å². The molecule has 3 unspecified atom stereocenters. The van der Waals surface area contributed by atoms with Crippen LogP contribution in [0.25, 0.3) is 0 Å². The van der Waals surface area contributed by atoms with E-state index in [1.54, 1.807) is 30.3 Å². The minimum atomic E-state index is -3.72. The number of nitrogens with zero attached hydrogens (tertiary/aromatic N) is 2. The zero-order chi connectivity index (χ0) is 23.2. The van der Waals surface area contributed by atoms with Gasteiger partial charge in [0, 0.05) is 23.1 Å². The van der Waals surface area contributed by atoms with E-state index in [9.17, 15) is 13.2 Å². The van der Waals surface area contributed by atoms with Crippen LogP contribution < -0.4 is 0 Å². The molecule has 2 heterocycles. The smallest absolute Gasteiger partial charge is 0.238 e. The zero-order valence-electron chi connectivity index (χ0n) is 18.9. The van der Waals surface area contributed by atoms with Gasteiger partial charge in [-0.3, -0.25) is 4.79 Å². The molecule has 1 amide bonds. The third-order valence-corrected chi connectivity index (χ3v) is 9.62. The van der Waals surface area contributed by atoms with Crippen molar-refractivity contribution in [3.05, 3.63) is 65.2 Å². The van der Waals surface area contributed by atoms with E-state index in [1.807, 2.05) is 29.2 Å². The highest BCUT2D eigenvalue weighted by Gasteiger charge is 2.47. The molecule has 0 spiro atoms. The fourth-order valence-electron chi connectivity index (χ4n) is 5.88. The predicted octanol–water partition coefficient (Wildman–Crippen LogP) is 4.72. The van der Waals surface area contributed by atoms with E-state index in [0.717, 1.165) is 44.1 Å². The maximum Gasteiger partial charge on any atom is 0.238 e. The molecule has 2 aliphatic heterocycles. The van der Waals surface area contributed by atoms with Gasteiger partial charge in [0.1, 0.15) is 5.75 Å². The lowest BCUT2D eigenvalue weighted by atomic mass is 9.91. The van der Waals surface area contributed by atoms with Crippen molar-refractivity contribution in [3.8, 4) is 0 Å². The Morgan fingerprint density at radius 2 is 1.61 bits per heavy atom. The van der Waals surface area contributed by atoms with Crippen LogP contribution in [-0.2, 0) is 14.6 Å². The number of fused-ring (bicyclic) bond motifs is 2. The summed E-state index contributed by atoms with van der Waals surface area (Å²) < 4.78 is 26.3. The Morgan fingerprint density at radius 3 is 2.18 bits per heavy atom. The molecule has 0 aromatic heterocycles. The third kappa shape index (κ3) is 4.71. The van der Waals surface area contributed by atoms with E-state index in [4.69, 9.17) is 11.6 Å². The van der Waals surface area contributed by atoms with Crippen molar-refractivity contribution in [1.82, 2.24) is 9.80 Å². The molecule has 3 atom stereocenters. The summed E-state index contributed by atoms with van der Waals surface area (Å²) in [5.74, 6) is -0.401. The summed E-state index contributed by atoms with van der Waals surface area (Å²) in [5, 5.41) is 0.662. The summed E-state index contributed by atoms with van der Waals surface area (Å²) in [7, 11) is -1.53. The summed E-state index contributed by atoms with van der Waals surface area (Å²) in [5.41, 5.74) is 1.05. The molecule has 3 fully saturated rings. The summed E-state index contributed by atoms with van der Waals surface area (Å²) >= 11 is 6.15. The molecule has 2 aromatic rings. The Morgan fingerprint density at radius 1 is 1.00 bits per heavy atom. The van der Waals surface area contributed by atoms with Crippen molar-refractivity contribution in [1.29, 1.82) is 0 Å². The molecule has 176 valence electrons. The number of rotatable bonds is 7. The van der Waals surface area contributed by atoms with Crippen LogP contribution >= 0.6 is 11.6 Å². The second kappa shape index (κ2) is 9.05. The molecule has 0 N–H and O–H groups in total. The Hall–Kier alpha value is -1.89. The lowest BCUT2D eigenvalue weighted by Gasteiger charge is -2.45. The maximum absolute atomic E-state index is 13.9. The van der Waals surface area contributed by atoms with Crippen LogP contribution in [0.1, 0.15) is 50.1 Å². The molecular weight excluding hydrogens is 456 g/mol. The molecule has 1 aliphatic carbocycles. The van der Waals surface area contributed by atoms with E-state index >= 15 is 0 Å². The highest BCUT2D eigenvalue weighted by atomic mass is 35.5. The SMILES string of the molecule is CN1C2CCC1CC(N(C(=O)CS(=O)(=O)c1ccccc1)C(c1ccc(Cl)cc1)C1CC1)C2. The van der Waals surface area contributed by atoms with Crippen molar-refractivity contribution in [2.24, 2.45) is 5.92 Å². The van der Waals surface area contributed by atoms with Gasteiger partial charge in [0.2, 0.25) is 5.91 Å². The number of carbonyl (C=O) groups excluding carboxylic acids is 1. The number of benzene rings is 2. The third-order valence-electron chi connectivity index (χ3n) is 7.75. The molecule has 5 nitrogen and oxygen atoms in total. The molecular formula is C26H31ClN2O3S. The first-order valence-electron chi connectivity index (χ1n) is 11.9. The van der Waals surface area contributed by atoms with Crippen LogP contribution in [0.3, 0.4) is 0 Å². The average molecular weight is 487 g/mol. The van der Waals surface area contributed by atoms with Crippen molar-refractivity contribution in [2.75, 3.05) is 12.8 Å². The van der Waals surface area contributed by atoms with Gasteiger partial charge in [0.25, 0.3) is 0 Å². The average Bonchev–Trinajstić information content (AvgIpc) is 3.61. The highest BCUT2D eigenvalue weighted by molar-refractivity contribution is 7.92. The predicted molar refractivity (Wildman–Crippen MR) is 130 cm³/mol. The number of carbonyl (C=O) groups is 1. The Kier molecular flexibility index (Phi) is 6.27. The highest BCUT2D eigenvalue weighted by Crippen LogP contribution is 2.48. The summed E-state index contributed by atoms with van der Waals surface area (Å²) in [4.78, 5) is 18.5. The van der Waals surface area contributed by atoms with Gasteiger partial charge in [-0.25, -0.2) is 8.42 Å². The summed E-state index contributed by atoms with van der Waals surface area (Å²) in [6, 6.07) is 16.9. The lowest BCUT2D eigenvalue weighted by Crippen LogP contribution is -2.53. The van der Waals surface area contributed by atoms with E-state index in [1.165, 1.54) is 0 Å². The monoisotopic (exact) mass is 486 g/mol. The maximum atomic E-state index is 13.9. The van der Waals surface area contributed by atoms with Crippen LogP contribution in [0.2, 0.25) is 5.02 Å². The fraction of sp³-hybridized carbons (Fsp3) is 0.500. The zero-order valence-corrected chi connectivity index (χ0v) is 20.5. The number of hydrogen-bond donors (Lipinski definition) is 0. The molecule has 2 aromatic carbocycles. The normalized spacial score (nSPS) is 26.2. The number of hydrogen-bond acceptors (Lipinski definition) is 4. The van der Waals surface area contributed by atoms with Gasteiger partial charge in [-0.2, -0.15) is 0 Å². The van der Waals surface area contributed by atoms with E-state index in [0.29, 0.717) is 23.0 Å². The molecule has 3 aliphatic rings. The molecule has 33 heavy (non-hydrogen) atoms. The molecule has 5 rings (SSSR count). The van der Waals surface area contributed by atoms with Gasteiger partial charge >= 0.3 is 0 Å². The van der Waals surface area contributed by atoms with Gasteiger partial charge in [-0.05, 0) is 81.3 Å². The number of sulfone groups is 1. The standard InChI is InChI=1S/C26H31ClN2O3S/c1-28-21-13-14-22(28)16-23(15-21)29(25(30)17-33(31,32)24-5-3-2-4-6-24)26(18-7-8-18)19-9-11-20(27)12-10-19/h2-6,9-12,18,21-23,26H,7-8,13-17H2,1H3. The van der Waals surface area contributed by atoms with E-state index in [-0.39, 0.29) is 22.9 Å². The second-order valence-corrected chi connectivity index (χ2v) is 12.3. The van der Waals surface area contributed by atoms with Gasteiger partial charge in [0.15, 0.2) is 9.84 Å². The van der Waals surface area contributed by atoms with E-state index in [2.05, 4.69) is 11.9 Å². The van der Waals surface area contributed by atoms with Crippen LogP contribution in [0.15, 0.2) is 59.5 Å². The number of piperidine rings is 1. The Balaban J connectivity index is 1.49. The van der Waals surface area contributed by atoms with Crippen molar-refractivity contribution in [3.63, 3.8) is 0 Å². The van der Waals surface area contributed by atoms with Gasteiger partial charge in [0.05, 0.1) is 10.9 Å². The van der Waals surface area contributed by atoms with Crippen LogP contribution in [-0.4, -0.2) is 55.1 Å².